The van der Waals surface area contributed by atoms with E-state index in [2.05, 4.69) is 0 Å². The molecular weight excluding hydrogens is 308 g/mol. The molecule has 2 aromatic rings. The monoisotopic (exact) mass is 322 g/mol. The quantitative estimate of drug-likeness (QED) is 0.860. The zero-order valence-corrected chi connectivity index (χ0v) is 13.3. The highest BCUT2D eigenvalue weighted by Crippen LogP contribution is 2.15. The molecule has 0 atom stereocenters. The molecule has 0 aliphatic rings. The Kier molecular flexibility index (Phi) is 4.30. The van der Waals surface area contributed by atoms with Crippen LogP contribution in [0.1, 0.15) is 16.1 Å². The number of benzene rings is 1. The molecule has 5 nitrogen and oxygen atoms in total. The molecule has 1 heterocycles. The first kappa shape index (κ1) is 15.5. The number of sulfone groups is 1. The minimum absolute atomic E-state index is 0.110. The van der Waals surface area contributed by atoms with E-state index in [1.807, 2.05) is 13.0 Å². The van der Waals surface area contributed by atoms with E-state index in [1.165, 1.54) is 22.8 Å². The highest BCUT2D eigenvalue weighted by atomic mass is 32.2. The molecule has 0 aliphatic carbocycles. The number of nitriles is 1. The molecule has 0 saturated heterocycles. The summed E-state index contributed by atoms with van der Waals surface area (Å²) in [5, 5.41) is 8.82. The first-order valence-electron chi connectivity index (χ1n) is 6.25. The maximum atomic E-state index is 12.3. The van der Waals surface area contributed by atoms with Crippen molar-refractivity contribution in [3.05, 3.63) is 50.1 Å². The SMILES string of the molecule is Cc1sc(=O)n(CCS(=O)(=O)c2cccc(C#N)c2)c1C. The van der Waals surface area contributed by atoms with E-state index in [9.17, 15) is 13.2 Å². The predicted octanol–water partition coefficient (Wildman–Crippen LogP) is 1.87. The van der Waals surface area contributed by atoms with Crippen molar-refractivity contribution in [1.29, 1.82) is 5.26 Å². The topological polar surface area (TPSA) is 79.9 Å². The highest BCUT2D eigenvalue weighted by Gasteiger charge is 2.17. The summed E-state index contributed by atoms with van der Waals surface area (Å²) >= 11 is 1.12. The maximum Gasteiger partial charge on any atom is 0.307 e. The number of hydrogen-bond acceptors (Lipinski definition) is 5. The normalized spacial score (nSPS) is 11.3. The molecule has 1 aromatic carbocycles. The third kappa shape index (κ3) is 3.23. The van der Waals surface area contributed by atoms with Crippen LogP contribution < -0.4 is 4.87 Å². The lowest BCUT2D eigenvalue weighted by Crippen LogP contribution is -2.21. The van der Waals surface area contributed by atoms with E-state index in [-0.39, 0.29) is 22.1 Å². The number of aryl methyl sites for hydroxylation is 1. The van der Waals surface area contributed by atoms with Gasteiger partial charge in [-0.2, -0.15) is 5.26 Å². The third-order valence-electron chi connectivity index (χ3n) is 3.28. The summed E-state index contributed by atoms with van der Waals surface area (Å²) in [7, 11) is -3.52. The second kappa shape index (κ2) is 5.84. The Hall–Kier alpha value is -1.91. The standard InChI is InChI=1S/C14H14N2O3S2/c1-10-11(2)20-14(17)16(10)6-7-21(18,19)13-5-3-4-12(8-13)9-15/h3-5,8H,6-7H2,1-2H3. The third-order valence-corrected chi connectivity index (χ3v) is 5.97. The van der Waals surface area contributed by atoms with Crippen LogP contribution >= 0.6 is 11.3 Å². The van der Waals surface area contributed by atoms with Crippen LogP contribution in [0.25, 0.3) is 0 Å². The number of rotatable bonds is 4. The van der Waals surface area contributed by atoms with E-state index in [1.54, 1.807) is 13.0 Å². The van der Waals surface area contributed by atoms with Crippen LogP contribution in [0.3, 0.4) is 0 Å². The van der Waals surface area contributed by atoms with Crippen molar-refractivity contribution in [3.63, 3.8) is 0 Å². The van der Waals surface area contributed by atoms with Gasteiger partial charge in [-0.1, -0.05) is 17.4 Å². The van der Waals surface area contributed by atoms with Crippen molar-refractivity contribution >= 4 is 21.2 Å². The summed E-state index contributed by atoms with van der Waals surface area (Å²) in [4.78, 5) is 12.6. The molecule has 1 aromatic heterocycles. The van der Waals surface area contributed by atoms with Crippen molar-refractivity contribution in [3.8, 4) is 6.07 Å². The first-order valence-corrected chi connectivity index (χ1v) is 8.72. The van der Waals surface area contributed by atoms with Crippen LogP contribution in [-0.2, 0) is 16.4 Å². The molecule has 0 aliphatic heterocycles. The molecule has 0 saturated carbocycles. The summed E-state index contributed by atoms with van der Waals surface area (Å²) < 4.78 is 26.0. The summed E-state index contributed by atoms with van der Waals surface area (Å²) in [5.74, 6) is -0.168. The number of thiazole rings is 1. The van der Waals surface area contributed by atoms with E-state index in [4.69, 9.17) is 5.26 Å². The molecule has 0 fully saturated rings. The van der Waals surface area contributed by atoms with E-state index in [0.717, 1.165) is 21.9 Å². The fourth-order valence-electron chi connectivity index (χ4n) is 1.93. The number of aromatic nitrogens is 1. The van der Waals surface area contributed by atoms with Crippen molar-refractivity contribution in [1.82, 2.24) is 4.57 Å². The average Bonchev–Trinajstić information content (AvgIpc) is 2.70. The fraction of sp³-hybridized carbons (Fsp3) is 0.286. The molecule has 0 radical (unpaired) electrons. The maximum absolute atomic E-state index is 12.3. The Morgan fingerprint density at radius 2 is 2.05 bits per heavy atom. The zero-order valence-electron chi connectivity index (χ0n) is 11.7. The second-order valence-corrected chi connectivity index (χ2v) is 7.89. The van der Waals surface area contributed by atoms with Gasteiger partial charge in [-0.15, -0.1) is 0 Å². The molecule has 110 valence electrons. The van der Waals surface area contributed by atoms with Gasteiger partial charge in [-0.3, -0.25) is 4.79 Å². The molecule has 0 unspecified atom stereocenters. The predicted molar refractivity (Wildman–Crippen MR) is 81.3 cm³/mol. The van der Waals surface area contributed by atoms with Crippen molar-refractivity contribution in [2.75, 3.05) is 5.75 Å². The van der Waals surface area contributed by atoms with E-state index in [0.29, 0.717) is 5.56 Å². The van der Waals surface area contributed by atoms with Gasteiger partial charge in [0, 0.05) is 17.1 Å². The van der Waals surface area contributed by atoms with Crippen LogP contribution in [0.5, 0.6) is 0 Å². The lowest BCUT2D eigenvalue weighted by atomic mass is 10.2. The Morgan fingerprint density at radius 1 is 1.33 bits per heavy atom. The average molecular weight is 322 g/mol. The Bertz CT molecular complexity index is 870. The van der Waals surface area contributed by atoms with E-state index >= 15 is 0 Å². The summed E-state index contributed by atoms with van der Waals surface area (Å²) in [6.07, 6.45) is 0. The van der Waals surface area contributed by atoms with Crippen molar-refractivity contribution < 1.29 is 8.42 Å². The minimum atomic E-state index is -3.52. The van der Waals surface area contributed by atoms with Crippen LogP contribution in [0.4, 0.5) is 0 Å². The lowest BCUT2D eigenvalue weighted by molar-refractivity contribution is 0.587. The number of hydrogen-bond donors (Lipinski definition) is 0. The van der Waals surface area contributed by atoms with Crippen LogP contribution in [0, 0.1) is 25.2 Å². The molecule has 21 heavy (non-hydrogen) atoms. The fourth-order valence-corrected chi connectivity index (χ4v) is 4.04. The number of nitrogens with zero attached hydrogens (tertiary/aromatic N) is 2. The molecule has 2 rings (SSSR count). The first-order chi connectivity index (χ1) is 9.85. The molecule has 7 heteroatoms. The van der Waals surface area contributed by atoms with Crippen LogP contribution in [-0.4, -0.2) is 18.7 Å². The summed E-state index contributed by atoms with van der Waals surface area (Å²) in [5.41, 5.74) is 1.10. The van der Waals surface area contributed by atoms with Crippen molar-refractivity contribution in [2.45, 2.75) is 25.3 Å². The van der Waals surface area contributed by atoms with Gasteiger partial charge >= 0.3 is 4.87 Å². The van der Waals surface area contributed by atoms with Gasteiger partial charge in [0.05, 0.1) is 22.3 Å². The van der Waals surface area contributed by atoms with Crippen molar-refractivity contribution in [2.24, 2.45) is 0 Å². The molecular formula is C14H14N2O3S2. The Balaban J connectivity index is 2.26. The lowest BCUT2D eigenvalue weighted by Gasteiger charge is -2.07. The minimum Gasteiger partial charge on any atom is -0.302 e. The van der Waals surface area contributed by atoms with Gasteiger partial charge in [0.2, 0.25) is 0 Å². The molecule has 0 spiro atoms. The Labute approximate surface area is 127 Å². The highest BCUT2D eigenvalue weighted by molar-refractivity contribution is 7.91. The molecule has 0 bridgehead atoms. The van der Waals surface area contributed by atoms with Crippen LogP contribution in [0.15, 0.2) is 34.0 Å². The van der Waals surface area contributed by atoms with E-state index < -0.39 is 9.84 Å². The molecule has 0 amide bonds. The molecule has 0 N–H and O–H groups in total. The van der Waals surface area contributed by atoms with Gasteiger partial charge in [0.25, 0.3) is 0 Å². The second-order valence-electron chi connectivity index (χ2n) is 4.62. The summed E-state index contributed by atoms with van der Waals surface area (Å²) in [6.45, 7) is 3.76. The van der Waals surface area contributed by atoms with Gasteiger partial charge in [0.1, 0.15) is 0 Å². The van der Waals surface area contributed by atoms with Crippen LogP contribution in [0.2, 0.25) is 0 Å². The zero-order chi connectivity index (χ0) is 15.6. The van der Waals surface area contributed by atoms with Gasteiger partial charge in [-0.05, 0) is 32.0 Å². The summed E-state index contributed by atoms with van der Waals surface area (Å²) in [6, 6.07) is 7.82. The van der Waals surface area contributed by atoms with Gasteiger partial charge in [-0.25, -0.2) is 8.42 Å². The smallest absolute Gasteiger partial charge is 0.302 e. The van der Waals surface area contributed by atoms with Gasteiger partial charge in [0.15, 0.2) is 9.84 Å². The largest absolute Gasteiger partial charge is 0.307 e. The van der Waals surface area contributed by atoms with Gasteiger partial charge < -0.3 is 4.57 Å². The Morgan fingerprint density at radius 3 is 2.62 bits per heavy atom.